The minimum absolute atomic E-state index is 0.472. The van der Waals surface area contributed by atoms with Crippen LogP contribution in [-0.4, -0.2) is 16.7 Å². The second-order valence-electron chi connectivity index (χ2n) is 3.68. The molecule has 0 saturated carbocycles. The Labute approximate surface area is 110 Å². The van der Waals surface area contributed by atoms with E-state index in [1.165, 1.54) is 0 Å². The summed E-state index contributed by atoms with van der Waals surface area (Å²) in [7, 11) is 0. The van der Waals surface area contributed by atoms with Crippen LogP contribution in [-0.2, 0) is 13.0 Å². The van der Waals surface area contributed by atoms with E-state index in [-0.39, 0.29) is 0 Å². The molecular formula is C13H12ClN3O. The number of aromatic nitrogens is 2. The van der Waals surface area contributed by atoms with E-state index in [1.807, 2.05) is 24.3 Å². The lowest BCUT2D eigenvalue weighted by Gasteiger charge is -1.98. The minimum atomic E-state index is 0.472. The van der Waals surface area contributed by atoms with Crippen molar-refractivity contribution < 1.29 is 4.52 Å². The molecule has 1 N–H and O–H groups in total. The molecule has 5 heteroatoms. The third-order valence-electron chi connectivity index (χ3n) is 2.32. The third-order valence-corrected chi connectivity index (χ3v) is 2.69. The Balaban J connectivity index is 1.99. The highest BCUT2D eigenvalue weighted by atomic mass is 35.5. The number of rotatable bonds is 5. The molecule has 1 heterocycles. The van der Waals surface area contributed by atoms with Crippen LogP contribution in [0.5, 0.6) is 0 Å². The first kappa shape index (κ1) is 12.6. The second kappa shape index (κ2) is 6.20. The van der Waals surface area contributed by atoms with Crippen molar-refractivity contribution in [3.8, 4) is 12.3 Å². The van der Waals surface area contributed by atoms with Gasteiger partial charge < -0.3 is 4.52 Å². The fraction of sp³-hybridized carbons (Fsp3) is 0.231. The van der Waals surface area contributed by atoms with Gasteiger partial charge in [-0.2, -0.15) is 4.98 Å². The Morgan fingerprint density at radius 2 is 2.22 bits per heavy atom. The van der Waals surface area contributed by atoms with Crippen molar-refractivity contribution in [3.63, 3.8) is 0 Å². The molecule has 0 aliphatic heterocycles. The van der Waals surface area contributed by atoms with E-state index < -0.39 is 0 Å². The van der Waals surface area contributed by atoms with Crippen molar-refractivity contribution in [3.05, 3.63) is 46.6 Å². The van der Waals surface area contributed by atoms with Crippen molar-refractivity contribution in [2.45, 2.75) is 13.0 Å². The van der Waals surface area contributed by atoms with Crippen LogP contribution in [0.4, 0.5) is 0 Å². The Kier molecular flexibility index (Phi) is 4.35. The zero-order valence-corrected chi connectivity index (χ0v) is 10.4. The molecule has 0 amide bonds. The van der Waals surface area contributed by atoms with Crippen LogP contribution in [0.3, 0.4) is 0 Å². The van der Waals surface area contributed by atoms with Gasteiger partial charge in [0.05, 0.1) is 13.1 Å². The number of hydrogen-bond donors (Lipinski definition) is 1. The zero-order chi connectivity index (χ0) is 12.8. The molecule has 0 fully saturated rings. The van der Waals surface area contributed by atoms with Gasteiger partial charge in [-0.3, -0.25) is 5.32 Å². The van der Waals surface area contributed by atoms with Gasteiger partial charge in [0.25, 0.3) is 0 Å². The molecule has 2 rings (SSSR count). The summed E-state index contributed by atoms with van der Waals surface area (Å²) >= 11 is 6.06. The first-order chi connectivity index (χ1) is 8.79. The standard InChI is InChI=1S/C13H12ClN3O/c1-2-7-15-9-13-16-12(17-18-13)8-10-5-3-4-6-11(10)14/h1,3-6,15H,7-9H2. The van der Waals surface area contributed by atoms with E-state index in [1.54, 1.807) is 0 Å². The maximum atomic E-state index is 6.06. The van der Waals surface area contributed by atoms with Crippen LogP contribution in [0.2, 0.25) is 5.02 Å². The van der Waals surface area contributed by atoms with E-state index in [2.05, 4.69) is 21.4 Å². The third kappa shape index (κ3) is 3.33. The summed E-state index contributed by atoms with van der Waals surface area (Å²) in [5, 5.41) is 7.58. The summed E-state index contributed by atoms with van der Waals surface area (Å²) in [5.74, 6) is 3.61. The van der Waals surface area contributed by atoms with Crippen molar-refractivity contribution in [2.75, 3.05) is 6.54 Å². The normalized spacial score (nSPS) is 10.2. The van der Waals surface area contributed by atoms with E-state index in [0.717, 1.165) is 5.56 Å². The molecule has 0 aliphatic rings. The summed E-state index contributed by atoms with van der Waals surface area (Å²) in [6.45, 7) is 0.946. The molecule has 0 aliphatic carbocycles. The van der Waals surface area contributed by atoms with Crippen molar-refractivity contribution in [1.29, 1.82) is 0 Å². The quantitative estimate of drug-likeness (QED) is 0.661. The van der Waals surface area contributed by atoms with Crippen LogP contribution >= 0.6 is 11.6 Å². The smallest absolute Gasteiger partial charge is 0.240 e. The van der Waals surface area contributed by atoms with Crippen LogP contribution in [0.1, 0.15) is 17.3 Å². The molecule has 0 spiro atoms. The molecule has 0 saturated heterocycles. The van der Waals surface area contributed by atoms with E-state index in [4.69, 9.17) is 22.5 Å². The van der Waals surface area contributed by atoms with E-state index in [9.17, 15) is 0 Å². The molecule has 0 unspecified atom stereocenters. The lowest BCUT2D eigenvalue weighted by Crippen LogP contribution is -2.13. The Bertz CT molecular complexity index is 559. The molecule has 0 atom stereocenters. The van der Waals surface area contributed by atoms with Gasteiger partial charge in [0.15, 0.2) is 5.82 Å². The van der Waals surface area contributed by atoms with Crippen LogP contribution < -0.4 is 5.32 Å². The number of terminal acetylenes is 1. The largest absolute Gasteiger partial charge is 0.338 e. The highest BCUT2D eigenvalue weighted by Gasteiger charge is 2.08. The van der Waals surface area contributed by atoms with Gasteiger partial charge in [0, 0.05) is 11.4 Å². The highest BCUT2D eigenvalue weighted by molar-refractivity contribution is 6.31. The van der Waals surface area contributed by atoms with Gasteiger partial charge in [-0.1, -0.05) is 40.9 Å². The molecule has 2 aromatic rings. The molecule has 1 aromatic carbocycles. The summed E-state index contributed by atoms with van der Waals surface area (Å²) < 4.78 is 5.09. The SMILES string of the molecule is C#CCNCc1nc(Cc2ccccc2Cl)no1. The molecular weight excluding hydrogens is 250 g/mol. The summed E-state index contributed by atoms with van der Waals surface area (Å²) in [5.41, 5.74) is 0.975. The molecule has 92 valence electrons. The van der Waals surface area contributed by atoms with Gasteiger partial charge in [0.1, 0.15) is 0 Å². The van der Waals surface area contributed by atoms with E-state index in [0.29, 0.717) is 36.2 Å². The minimum Gasteiger partial charge on any atom is -0.338 e. The maximum Gasteiger partial charge on any atom is 0.240 e. The van der Waals surface area contributed by atoms with Gasteiger partial charge in [-0.05, 0) is 11.6 Å². The fourth-order valence-electron chi connectivity index (χ4n) is 1.49. The van der Waals surface area contributed by atoms with Crippen molar-refractivity contribution >= 4 is 11.6 Å². The Morgan fingerprint density at radius 3 is 3.00 bits per heavy atom. The van der Waals surface area contributed by atoms with Crippen LogP contribution in [0.25, 0.3) is 0 Å². The topological polar surface area (TPSA) is 51.0 Å². The summed E-state index contributed by atoms with van der Waals surface area (Å²) in [6.07, 6.45) is 5.68. The van der Waals surface area contributed by atoms with Crippen LogP contribution in [0, 0.1) is 12.3 Å². The lowest BCUT2D eigenvalue weighted by atomic mass is 10.1. The lowest BCUT2D eigenvalue weighted by molar-refractivity contribution is 0.366. The maximum absolute atomic E-state index is 6.06. The first-order valence-electron chi connectivity index (χ1n) is 5.48. The predicted molar refractivity (Wildman–Crippen MR) is 69.1 cm³/mol. The average molecular weight is 262 g/mol. The van der Waals surface area contributed by atoms with E-state index >= 15 is 0 Å². The zero-order valence-electron chi connectivity index (χ0n) is 9.69. The molecule has 1 aromatic heterocycles. The number of hydrogen-bond acceptors (Lipinski definition) is 4. The first-order valence-corrected chi connectivity index (χ1v) is 5.86. The van der Waals surface area contributed by atoms with Crippen molar-refractivity contribution in [1.82, 2.24) is 15.5 Å². The molecule has 0 radical (unpaired) electrons. The summed E-state index contributed by atoms with van der Waals surface area (Å²) in [6, 6.07) is 7.59. The monoisotopic (exact) mass is 261 g/mol. The van der Waals surface area contributed by atoms with Gasteiger partial charge >= 0.3 is 0 Å². The Hall–Kier alpha value is -1.83. The average Bonchev–Trinajstić information content (AvgIpc) is 2.80. The van der Waals surface area contributed by atoms with Gasteiger partial charge in [-0.15, -0.1) is 6.42 Å². The fourth-order valence-corrected chi connectivity index (χ4v) is 1.69. The second-order valence-corrected chi connectivity index (χ2v) is 4.09. The van der Waals surface area contributed by atoms with Crippen molar-refractivity contribution in [2.24, 2.45) is 0 Å². The van der Waals surface area contributed by atoms with Gasteiger partial charge in [-0.25, -0.2) is 0 Å². The predicted octanol–water partition coefficient (Wildman–Crippen LogP) is 2.04. The molecule has 0 bridgehead atoms. The number of nitrogens with zero attached hydrogens (tertiary/aromatic N) is 2. The summed E-state index contributed by atoms with van der Waals surface area (Å²) in [4.78, 5) is 4.25. The molecule has 4 nitrogen and oxygen atoms in total. The highest BCUT2D eigenvalue weighted by Crippen LogP contribution is 2.17. The molecule has 18 heavy (non-hydrogen) atoms. The Morgan fingerprint density at radius 1 is 1.39 bits per heavy atom. The number of nitrogens with one attached hydrogen (secondary N) is 1. The number of benzene rings is 1. The van der Waals surface area contributed by atoms with Gasteiger partial charge in [0.2, 0.25) is 5.89 Å². The van der Waals surface area contributed by atoms with Crippen LogP contribution in [0.15, 0.2) is 28.8 Å². The number of halogens is 1.